The smallest absolute Gasteiger partial charge is 0.870 e. The number of nitrogens with zero attached hydrogens (tertiary/aromatic N) is 2. The third-order valence-corrected chi connectivity index (χ3v) is 5.41. The number of hydrogen-bond acceptors (Lipinski definition) is 8. The number of hydrogen-bond donors (Lipinski definition) is 5. The van der Waals surface area contributed by atoms with Gasteiger partial charge in [-0.1, -0.05) is 64.5 Å². The first-order valence-corrected chi connectivity index (χ1v) is 12.8. The first kappa shape index (κ1) is 44.6. The van der Waals surface area contributed by atoms with E-state index in [0.717, 1.165) is 34.9 Å². The van der Waals surface area contributed by atoms with Gasteiger partial charge in [0.25, 0.3) is 0 Å². The van der Waals surface area contributed by atoms with Crippen molar-refractivity contribution in [3.63, 3.8) is 0 Å². The number of dihydropyridines is 1. The van der Waals surface area contributed by atoms with E-state index >= 15 is 0 Å². The molecule has 0 aromatic heterocycles. The molecule has 0 spiro atoms. The summed E-state index contributed by atoms with van der Waals surface area (Å²) in [6.07, 6.45) is 11.7. The summed E-state index contributed by atoms with van der Waals surface area (Å²) >= 11 is 0. The van der Waals surface area contributed by atoms with E-state index in [9.17, 15) is 5.11 Å². The Labute approximate surface area is 280 Å². The summed E-state index contributed by atoms with van der Waals surface area (Å²) in [5.41, 5.74) is 14.7. The van der Waals surface area contributed by atoms with E-state index in [1.807, 2.05) is 68.6 Å². The van der Waals surface area contributed by atoms with Gasteiger partial charge in [0.1, 0.15) is 0 Å². The van der Waals surface area contributed by atoms with Crippen molar-refractivity contribution in [2.45, 2.75) is 79.7 Å². The fourth-order valence-electron chi connectivity index (χ4n) is 2.55. The number of nitriles is 1. The van der Waals surface area contributed by atoms with Crippen LogP contribution in [-0.2, 0) is 0 Å². The average Bonchev–Trinajstić information content (AvgIpc) is 2.88. The fourth-order valence-corrected chi connectivity index (χ4v) is 2.55. The number of aryl methyl sites for hydroxylation is 1. The Morgan fingerprint density at radius 1 is 1.18 bits per heavy atom. The van der Waals surface area contributed by atoms with Gasteiger partial charge in [-0.2, -0.15) is 5.26 Å². The summed E-state index contributed by atoms with van der Waals surface area (Å²) in [5, 5.41) is 30.1. The van der Waals surface area contributed by atoms with Crippen LogP contribution < -0.4 is 68.2 Å². The number of benzene rings is 1. The normalized spacial score (nSPS) is 14.2. The molecule has 0 aliphatic carbocycles. The second-order valence-corrected chi connectivity index (χ2v) is 8.94. The maximum Gasteiger partial charge on any atom is 1.00 e. The van der Waals surface area contributed by atoms with Crippen molar-refractivity contribution < 1.29 is 67.1 Å². The van der Waals surface area contributed by atoms with Crippen LogP contribution >= 0.6 is 0 Å². The number of aliphatic hydroxyl groups is 2. The van der Waals surface area contributed by atoms with Crippen molar-refractivity contribution in [3.05, 3.63) is 84.7 Å². The fraction of sp³-hybridized carbons (Fsp3) is 0.467. The number of aliphatic hydroxyl groups excluding tert-OH is 2. The SMILES string of the molecule is CC(O)/C(=C\C=C/N)C1=CCNC=C1.CCC(C)C.Cc1ccccc1N.[CH2-]N(C(C)O)C(C#N)CC.[K+].[OH-]. The molecule has 0 radical (unpaired) electrons. The molecule has 1 aliphatic heterocycles. The molecule has 3 atom stereocenters. The average molecular weight is 569 g/mol. The van der Waals surface area contributed by atoms with Crippen molar-refractivity contribution in [2.75, 3.05) is 12.3 Å². The van der Waals surface area contributed by atoms with E-state index < -0.39 is 12.3 Å². The molecule has 0 saturated heterocycles. The van der Waals surface area contributed by atoms with Gasteiger partial charge in [-0.3, -0.25) is 7.05 Å². The zero-order valence-electron chi connectivity index (χ0n) is 25.3. The van der Waals surface area contributed by atoms with Crippen LogP contribution in [0.2, 0.25) is 0 Å². The second kappa shape index (κ2) is 28.1. The second-order valence-electron chi connectivity index (χ2n) is 8.94. The van der Waals surface area contributed by atoms with Crippen LogP contribution in [0.5, 0.6) is 0 Å². The third kappa shape index (κ3) is 23.0. The van der Waals surface area contributed by atoms with Gasteiger partial charge >= 0.3 is 51.4 Å². The summed E-state index contributed by atoms with van der Waals surface area (Å²) in [7, 11) is 3.54. The minimum Gasteiger partial charge on any atom is -0.870 e. The molecular formula is C30H51KN5O3-. The predicted molar refractivity (Wildman–Crippen MR) is 160 cm³/mol. The molecule has 1 heterocycles. The van der Waals surface area contributed by atoms with E-state index in [0.29, 0.717) is 6.42 Å². The number of anilines is 1. The van der Waals surface area contributed by atoms with Gasteiger partial charge in [0.2, 0.25) is 0 Å². The molecule has 8 N–H and O–H groups in total. The molecule has 39 heavy (non-hydrogen) atoms. The minimum atomic E-state index is -0.649. The van der Waals surface area contributed by atoms with Crippen LogP contribution in [0, 0.1) is 31.2 Å². The molecule has 3 unspecified atom stereocenters. The topological polar surface area (TPSA) is 162 Å². The zero-order valence-corrected chi connectivity index (χ0v) is 28.4. The van der Waals surface area contributed by atoms with E-state index in [-0.39, 0.29) is 62.9 Å². The van der Waals surface area contributed by atoms with Crippen LogP contribution in [0.1, 0.15) is 59.9 Å². The molecule has 9 heteroatoms. The number of nitrogens with one attached hydrogen (secondary N) is 1. The van der Waals surface area contributed by atoms with Gasteiger partial charge < -0.3 is 37.4 Å². The Morgan fingerprint density at radius 2 is 1.74 bits per heavy atom. The van der Waals surface area contributed by atoms with Crippen LogP contribution in [0.4, 0.5) is 5.69 Å². The van der Waals surface area contributed by atoms with Crippen molar-refractivity contribution in [1.29, 1.82) is 5.26 Å². The Hall–Kier alpha value is -1.45. The molecule has 1 aliphatic rings. The largest absolute Gasteiger partial charge is 1.00 e. The van der Waals surface area contributed by atoms with Crippen molar-refractivity contribution >= 4 is 5.69 Å². The van der Waals surface area contributed by atoms with E-state index in [1.54, 1.807) is 19.9 Å². The van der Waals surface area contributed by atoms with Crippen LogP contribution in [0.3, 0.4) is 0 Å². The Bertz CT molecular complexity index is 870. The van der Waals surface area contributed by atoms with Gasteiger partial charge in [0.15, 0.2) is 0 Å². The van der Waals surface area contributed by atoms with E-state index in [1.165, 1.54) is 17.5 Å². The molecule has 2 rings (SSSR count). The van der Waals surface area contributed by atoms with Gasteiger partial charge in [-0.15, -0.1) is 0 Å². The quantitative estimate of drug-likeness (QED) is 0.110. The maximum absolute atomic E-state index is 9.55. The Balaban J connectivity index is -0.000000218. The Kier molecular flexibility index (Phi) is 32.1. The molecule has 1 aromatic rings. The van der Waals surface area contributed by atoms with Crippen LogP contribution in [-0.4, -0.2) is 45.5 Å². The zero-order chi connectivity index (χ0) is 28.8. The predicted octanol–water partition coefficient (Wildman–Crippen LogP) is 1.99. The minimum absolute atomic E-state index is 0. The summed E-state index contributed by atoms with van der Waals surface area (Å²) in [6, 6.07) is 9.56. The number of nitrogens with two attached hydrogens (primary N) is 2. The van der Waals surface area contributed by atoms with E-state index in [4.69, 9.17) is 21.8 Å². The molecule has 0 amide bonds. The molecule has 0 saturated carbocycles. The van der Waals surface area contributed by atoms with Crippen molar-refractivity contribution in [1.82, 2.24) is 10.2 Å². The molecule has 1 aromatic carbocycles. The van der Waals surface area contributed by atoms with Gasteiger partial charge in [-0.25, -0.2) is 0 Å². The number of allylic oxidation sites excluding steroid dienone is 3. The summed E-state index contributed by atoms with van der Waals surface area (Å²) in [6.45, 7) is 14.6. The standard InChI is InChI=1S/C11H16N2O.C7H13N2O.C7H9N.C5H12.K.H2O/c1-9(14)11(3-2-6-12)10-4-7-13-8-5-10;1-4-7(5-8)9(3)6(2)10;1-6-4-2-3-5-7(6)8;1-4-5(2)3;;/h2-7,9,13-14H,8,12H2,1H3;6-7,10H,3-4H2,1-2H3;2-5H,8H2,1H3;5H,4H2,1-3H3;;1H2/q;-1;;;+1;/p-1/b6-2-,11-3+;;;;;. The van der Waals surface area contributed by atoms with Gasteiger partial charge in [-0.05, 0) is 80.4 Å². The first-order valence-electron chi connectivity index (χ1n) is 12.8. The van der Waals surface area contributed by atoms with Crippen molar-refractivity contribution in [2.24, 2.45) is 11.7 Å². The molecular weight excluding hydrogens is 517 g/mol. The number of para-hydroxylation sites is 1. The van der Waals surface area contributed by atoms with Gasteiger partial charge in [0.05, 0.1) is 24.4 Å². The molecule has 216 valence electrons. The summed E-state index contributed by atoms with van der Waals surface area (Å²) in [5.74, 6) is 0.884. The Morgan fingerprint density at radius 3 is 2.03 bits per heavy atom. The number of nitrogen functional groups attached to an aromatic ring is 1. The van der Waals surface area contributed by atoms with Crippen molar-refractivity contribution in [3.8, 4) is 6.07 Å². The maximum atomic E-state index is 9.55. The molecule has 8 nitrogen and oxygen atoms in total. The third-order valence-electron chi connectivity index (χ3n) is 5.41. The van der Waals surface area contributed by atoms with E-state index in [2.05, 4.69) is 33.1 Å². The summed E-state index contributed by atoms with van der Waals surface area (Å²) in [4.78, 5) is 1.39. The number of rotatable bonds is 7. The molecule has 0 bridgehead atoms. The monoisotopic (exact) mass is 568 g/mol. The van der Waals surface area contributed by atoms with Crippen LogP contribution in [0.15, 0.2) is 72.1 Å². The first-order chi connectivity index (χ1) is 17.5. The molecule has 0 fully saturated rings. The summed E-state index contributed by atoms with van der Waals surface area (Å²) < 4.78 is 0. The van der Waals surface area contributed by atoms with Crippen LogP contribution in [0.25, 0.3) is 0 Å². The van der Waals surface area contributed by atoms with Gasteiger partial charge in [0, 0.05) is 12.2 Å².